The van der Waals surface area contributed by atoms with E-state index >= 15 is 0 Å². The molecule has 0 aliphatic carbocycles. The molecule has 0 bridgehead atoms. The molecule has 5 nitrogen and oxygen atoms in total. The fraction of sp³-hybridized carbons (Fsp3) is 0.304. The summed E-state index contributed by atoms with van der Waals surface area (Å²) in [5, 5.41) is 0. The van der Waals surface area contributed by atoms with Crippen molar-refractivity contribution in [1.82, 2.24) is 14.7 Å². The summed E-state index contributed by atoms with van der Waals surface area (Å²) in [7, 11) is 1.99. The van der Waals surface area contributed by atoms with Gasteiger partial charge in [0.1, 0.15) is 5.70 Å². The number of hydrogen-bond donors (Lipinski definition) is 0. The molecule has 1 fully saturated rings. The largest absolute Gasteiger partial charge is 0.416 e. The predicted octanol–water partition coefficient (Wildman–Crippen LogP) is 3.23. The molecular weight excluding hydrogens is 407 g/mol. The van der Waals surface area contributed by atoms with Crippen LogP contribution in [0, 0.1) is 0 Å². The van der Waals surface area contributed by atoms with Crippen LogP contribution in [0.4, 0.5) is 13.2 Å². The summed E-state index contributed by atoms with van der Waals surface area (Å²) < 4.78 is 39.3. The van der Waals surface area contributed by atoms with Crippen molar-refractivity contribution in [2.24, 2.45) is 0 Å². The number of amides is 2. The van der Waals surface area contributed by atoms with Crippen LogP contribution in [-0.4, -0.2) is 59.7 Å². The lowest BCUT2D eigenvalue weighted by molar-refractivity contribution is -0.138. The first-order chi connectivity index (χ1) is 14.8. The van der Waals surface area contributed by atoms with E-state index in [0.29, 0.717) is 29.9 Å². The van der Waals surface area contributed by atoms with Crippen molar-refractivity contribution in [3.05, 3.63) is 77.0 Å². The van der Waals surface area contributed by atoms with Crippen molar-refractivity contribution >= 4 is 17.4 Å². The van der Waals surface area contributed by atoms with E-state index in [1.165, 1.54) is 12.1 Å². The second kappa shape index (κ2) is 8.19. The third-order valence-electron chi connectivity index (χ3n) is 5.62. The Morgan fingerprint density at radius 3 is 2.19 bits per heavy atom. The second-order valence-corrected chi connectivity index (χ2v) is 7.77. The van der Waals surface area contributed by atoms with Crippen LogP contribution in [0.2, 0.25) is 0 Å². The molecule has 0 saturated carbocycles. The van der Waals surface area contributed by atoms with Gasteiger partial charge < -0.3 is 9.80 Å². The van der Waals surface area contributed by atoms with Crippen molar-refractivity contribution < 1.29 is 22.8 Å². The smallest absolute Gasteiger partial charge is 0.364 e. The van der Waals surface area contributed by atoms with Gasteiger partial charge in [-0.25, -0.2) is 0 Å². The highest BCUT2D eigenvalue weighted by molar-refractivity contribution is 6.35. The zero-order valence-electron chi connectivity index (χ0n) is 17.0. The van der Waals surface area contributed by atoms with Crippen LogP contribution in [0.3, 0.4) is 0 Å². The minimum absolute atomic E-state index is 0.213. The minimum atomic E-state index is -4.49. The van der Waals surface area contributed by atoms with Crippen molar-refractivity contribution in [3.8, 4) is 0 Å². The molecule has 4 rings (SSSR count). The first-order valence-corrected chi connectivity index (χ1v) is 10.0. The Labute approximate surface area is 178 Å². The molecule has 0 unspecified atom stereocenters. The Bertz CT molecular complexity index is 1030. The van der Waals surface area contributed by atoms with Gasteiger partial charge in [0.15, 0.2) is 0 Å². The monoisotopic (exact) mass is 429 g/mol. The summed E-state index contributed by atoms with van der Waals surface area (Å²) in [6.07, 6.45) is -4.49. The highest BCUT2D eigenvalue weighted by Gasteiger charge is 2.42. The second-order valence-electron chi connectivity index (χ2n) is 7.77. The molecule has 0 radical (unpaired) electrons. The summed E-state index contributed by atoms with van der Waals surface area (Å²) in [5.41, 5.74) is 0.711. The Hall–Kier alpha value is -3.13. The summed E-state index contributed by atoms with van der Waals surface area (Å²) in [4.78, 5) is 31.7. The number of nitrogens with zero attached hydrogens (tertiary/aromatic N) is 3. The van der Waals surface area contributed by atoms with Gasteiger partial charge in [-0.1, -0.05) is 42.5 Å². The van der Waals surface area contributed by atoms with Crippen LogP contribution in [0.5, 0.6) is 0 Å². The van der Waals surface area contributed by atoms with Gasteiger partial charge in [0.05, 0.1) is 17.7 Å². The van der Waals surface area contributed by atoms with Gasteiger partial charge in [0, 0.05) is 26.2 Å². The number of benzene rings is 2. The van der Waals surface area contributed by atoms with E-state index in [1.54, 1.807) is 24.3 Å². The molecule has 0 N–H and O–H groups in total. The minimum Gasteiger partial charge on any atom is -0.364 e. The summed E-state index contributed by atoms with van der Waals surface area (Å²) >= 11 is 0. The van der Waals surface area contributed by atoms with E-state index in [2.05, 4.69) is 4.90 Å². The molecule has 8 heteroatoms. The van der Waals surface area contributed by atoms with Crippen molar-refractivity contribution in [2.75, 3.05) is 33.2 Å². The number of rotatable bonds is 4. The highest BCUT2D eigenvalue weighted by Crippen LogP contribution is 2.34. The number of alkyl halides is 3. The van der Waals surface area contributed by atoms with Crippen molar-refractivity contribution in [2.45, 2.75) is 12.7 Å². The first-order valence-electron chi connectivity index (χ1n) is 10.0. The van der Waals surface area contributed by atoms with E-state index in [1.807, 2.05) is 18.0 Å². The number of piperazine rings is 1. The lowest BCUT2D eigenvalue weighted by atomic mass is 10.0. The molecule has 2 aromatic carbocycles. The van der Waals surface area contributed by atoms with Gasteiger partial charge in [0.25, 0.3) is 11.8 Å². The number of likely N-dealkylation sites (N-methyl/N-ethyl adjacent to an activating group) is 1. The maximum atomic E-state index is 13.3. The summed E-state index contributed by atoms with van der Waals surface area (Å²) in [6.45, 7) is 2.48. The van der Waals surface area contributed by atoms with Crippen LogP contribution in [0.25, 0.3) is 5.57 Å². The summed E-state index contributed by atoms with van der Waals surface area (Å²) in [5.74, 6) is -0.951. The Morgan fingerprint density at radius 1 is 0.871 bits per heavy atom. The lowest BCUT2D eigenvalue weighted by Gasteiger charge is -2.34. The maximum absolute atomic E-state index is 13.3. The fourth-order valence-electron chi connectivity index (χ4n) is 3.92. The Kier molecular flexibility index (Phi) is 5.58. The zero-order valence-corrected chi connectivity index (χ0v) is 17.0. The molecular formula is C23H22F3N3O2. The number of hydrogen-bond acceptors (Lipinski definition) is 4. The standard InChI is InChI=1S/C23H22F3N3O2/c1-27-10-12-28(13-11-27)20-19(17-7-3-2-4-8-17)21(30)29(22(20)31)15-16-6-5-9-18(14-16)23(24,25)26/h2-9,14H,10-13,15H2,1H3. The molecule has 162 valence electrons. The molecule has 2 aromatic rings. The first kappa shape index (κ1) is 21.1. The lowest BCUT2D eigenvalue weighted by Crippen LogP contribution is -2.46. The number of carbonyl (C=O) groups is 2. The van der Waals surface area contributed by atoms with Crippen LogP contribution in [-0.2, 0) is 22.3 Å². The third-order valence-corrected chi connectivity index (χ3v) is 5.62. The van der Waals surface area contributed by atoms with Gasteiger partial charge in [-0.05, 0) is 30.3 Å². The molecule has 2 aliphatic rings. The topological polar surface area (TPSA) is 43.9 Å². The van der Waals surface area contributed by atoms with Gasteiger partial charge in [-0.3, -0.25) is 14.5 Å². The Balaban J connectivity index is 1.69. The van der Waals surface area contributed by atoms with Crippen molar-refractivity contribution in [1.29, 1.82) is 0 Å². The van der Waals surface area contributed by atoms with E-state index < -0.39 is 23.6 Å². The Morgan fingerprint density at radius 2 is 1.55 bits per heavy atom. The number of carbonyl (C=O) groups excluding carboxylic acids is 2. The normalized spacial score (nSPS) is 18.3. The zero-order chi connectivity index (χ0) is 22.2. The average molecular weight is 429 g/mol. The molecule has 2 heterocycles. The van der Waals surface area contributed by atoms with Crippen LogP contribution in [0.15, 0.2) is 60.3 Å². The van der Waals surface area contributed by atoms with Crippen molar-refractivity contribution in [3.63, 3.8) is 0 Å². The van der Waals surface area contributed by atoms with Gasteiger partial charge in [-0.15, -0.1) is 0 Å². The molecule has 2 amide bonds. The van der Waals surface area contributed by atoms with Gasteiger partial charge in [0.2, 0.25) is 0 Å². The molecule has 0 aromatic heterocycles. The summed E-state index contributed by atoms with van der Waals surface area (Å²) in [6, 6.07) is 13.7. The van der Waals surface area contributed by atoms with Crippen LogP contribution in [0.1, 0.15) is 16.7 Å². The number of imide groups is 1. The number of halogens is 3. The molecule has 2 aliphatic heterocycles. The van der Waals surface area contributed by atoms with E-state index in [4.69, 9.17) is 0 Å². The van der Waals surface area contributed by atoms with E-state index in [9.17, 15) is 22.8 Å². The van der Waals surface area contributed by atoms with E-state index in [-0.39, 0.29) is 12.1 Å². The van der Waals surface area contributed by atoms with Gasteiger partial charge >= 0.3 is 6.18 Å². The predicted molar refractivity (Wildman–Crippen MR) is 109 cm³/mol. The average Bonchev–Trinajstić information content (AvgIpc) is 2.99. The third kappa shape index (κ3) is 4.20. The molecule has 31 heavy (non-hydrogen) atoms. The van der Waals surface area contributed by atoms with Gasteiger partial charge in [-0.2, -0.15) is 13.2 Å². The molecule has 0 spiro atoms. The fourth-order valence-corrected chi connectivity index (χ4v) is 3.92. The van der Waals surface area contributed by atoms with Crippen LogP contribution < -0.4 is 0 Å². The maximum Gasteiger partial charge on any atom is 0.416 e. The SMILES string of the molecule is CN1CCN(C2=C(c3ccccc3)C(=O)N(Cc3cccc(C(F)(F)F)c3)C2=O)CC1. The molecule has 1 saturated heterocycles. The van der Waals surface area contributed by atoms with E-state index in [0.717, 1.165) is 30.1 Å². The van der Waals surface area contributed by atoms with Crippen LogP contribution >= 0.6 is 0 Å². The quantitative estimate of drug-likeness (QED) is 0.700. The molecule has 0 atom stereocenters. The highest BCUT2D eigenvalue weighted by atomic mass is 19.4.